The van der Waals surface area contributed by atoms with Crippen LogP contribution < -0.4 is 4.65 Å². The summed E-state index contributed by atoms with van der Waals surface area (Å²) in [6.07, 6.45) is 0. The lowest BCUT2D eigenvalue weighted by Crippen LogP contribution is -2.20. The Morgan fingerprint density at radius 3 is 2.07 bits per heavy atom. The smallest absolute Gasteiger partial charge is 0.511 e. The van der Waals surface area contributed by atoms with Crippen molar-refractivity contribution in [3.63, 3.8) is 0 Å². The minimum absolute atomic E-state index is 0.00326. The van der Waals surface area contributed by atoms with Gasteiger partial charge in [-0.05, 0) is 0 Å². The molecule has 2 N–H and O–H groups in total. The molecular formula is C6H3BCl4O3. The molecule has 0 aliphatic carbocycles. The van der Waals surface area contributed by atoms with Crippen LogP contribution in [0.3, 0.4) is 0 Å². The summed E-state index contributed by atoms with van der Waals surface area (Å²) >= 11 is 22.7. The summed E-state index contributed by atoms with van der Waals surface area (Å²) in [6.45, 7) is 0. The van der Waals surface area contributed by atoms with Gasteiger partial charge in [0.2, 0.25) is 0 Å². The van der Waals surface area contributed by atoms with Gasteiger partial charge in [0, 0.05) is 6.07 Å². The maximum Gasteiger partial charge on any atom is 0.707 e. The monoisotopic (exact) mass is 274 g/mol. The molecule has 0 amide bonds. The van der Waals surface area contributed by atoms with Gasteiger partial charge in [-0.1, -0.05) is 46.4 Å². The van der Waals surface area contributed by atoms with Crippen LogP contribution in [0.1, 0.15) is 0 Å². The van der Waals surface area contributed by atoms with Crippen molar-refractivity contribution in [1.82, 2.24) is 0 Å². The van der Waals surface area contributed by atoms with E-state index in [1.165, 1.54) is 6.07 Å². The number of hydrogen-bond acceptors (Lipinski definition) is 3. The van der Waals surface area contributed by atoms with Crippen LogP contribution in [-0.2, 0) is 0 Å². The zero-order chi connectivity index (χ0) is 10.9. The molecule has 0 spiro atoms. The molecule has 0 aromatic heterocycles. The summed E-state index contributed by atoms with van der Waals surface area (Å²) in [5.74, 6) is -0.0546. The van der Waals surface area contributed by atoms with Gasteiger partial charge in [-0.25, -0.2) is 0 Å². The first-order valence-electron chi connectivity index (χ1n) is 3.29. The van der Waals surface area contributed by atoms with Crippen molar-refractivity contribution in [2.75, 3.05) is 0 Å². The van der Waals surface area contributed by atoms with Gasteiger partial charge in [0.05, 0.1) is 15.1 Å². The molecule has 0 radical (unpaired) electrons. The molecule has 0 aliphatic rings. The van der Waals surface area contributed by atoms with Crippen LogP contribution in [0.4, 0.5) is 0 Å². The summed E-state index contributed by atoms with van der Waals surface area (Å²) in [5.41, 5.74) is 0. The average Bonchev–Trinajstić information content (AvgIpc) is 2.10. The fourth-order valence-corrected chi connectivity index (χ4v) is 1.58. The minimum Gasteiger partial charge on any atom is -0.511 e. The molecular weight excluding hydrogens is 273 g/mol. The second-order valence-corrected chi connectivity index (χ2v) is 3.78. The van der Waals surface area contributed by atoms with E-state index in [0.29, 0.717) is 0 Å². The summed E-state index contributed by atoms with van der Waals surface area (Å²) in [7, 11) is -2.00. The van der Waals surface area contributed by atoms with Gasteiger partial charge in [-0.2, -0.15) is 0 Å². The standard InChI is InChI=1S/C6H3BCl4O3/c8-2-1-3(14-7(12)13)5(10)6(11)4(2)9/h1,12-13H. The molecule has 0 fully saturated rings. The van der Waals surface area contributed by atoms with E-state index in [4.69, 9.17) is 56.5 Å². The third kappa shape index (κ3) is 2.60. The van der Waals surface area contributed by atoms with Gasteiger partial charge < -0.3 is 14.7 Å². The largest absolute Gasteiger partial charge is 0.707 e. The van der Waals surface area contributed by atoms with Gasteiger partial charge >= 0.3 is 7.32 Å². The summed E-state index contributed by atoms with van der Waals surface area (Å²) in [4.78, 5) is 0. The van der Waals surface area contributed by atoms with E-state index in [9.17, 15) is 0 Å². The van der Waals surface area contributed by atoms with E-state index in [1.807, 2.05) is 0 Å². The third-order valence-electron chi connectivity index (χ3n) is 1.30. The molecule has 1 aromatic carbocycles. The second-order valence-electron chi connectivity index (χ2n) is 2.24. The molecule has 3 nitrogen and oxygen atoms in total. The third-order valence-corrected chi connectivity index (χ3v) is 3.04. The molecule has 0 heterocycles. The Kier molecular flexibility index (Phi) is 4.19. The van der Waals surface area contributed by atoms with Crippen LogP contribution >= 0.6 is 46.4 Å². The summed E-state index contributed by atoms with van der Waals surface area (Å²) < 4.78 is 4.51. The fraction of sp³-hybridized carbons (Fsp3) is 0. The number of benzene rings is 1. The molecule has 1 aromatic rings. The highest BCUT2D eigenvalue weighted by Crippen LogP contribution is 2.41. The molecule has 0 bridgehead atoms. The fourth-order valence-electron chi connectivity index (χ4n) is 0.750. The molecule has 0 saturated carbocycles. The van der Waals surface area contributed by atoms with Gasteiger partial charge in [-0.3, -0.25) is 0 Å². The first-order chi connectivity index (χ1) is 6.43. The maximum atomic E-state index is 8.54. The molecule has 76 valence electrons. The van der Waals surface area contributed by atoms with Crippen molar-refractivity contribution in [3.8, 4) is 5.75 Å². The van der Waals surface area contributed by atoms with Crippen molar-refractivity contribution in [3.05, 3.63) is 26.2 Å². The Bertz CT molecular complexity index is 357. The van der Waals surface area contributed by atoms with Crippen LogP contribution in [0.5, 0.6) is 5.75 Å². The normalized spacial score (nSPS) is 10.1. The Morgan fingerprint density at radius 2 is 1.57 bits per heavy atom. The van der Waals surface area contributed by atoms with E-state index in [1.54, 1.807) is 0 Å². The predicted molar refractivity (Wildman–Crippen MR) is 57.3 cm³/mol. The summed E-state index contributed by atoms with van der Waals surface area (Å²) in [6, 6.07) is 1.23. The predicted octanol–water partition coefficient (Wildman–Crippen LogP) is 2.65. The second kappa shape index (κ2) is 4.79. The van der Waals surface area contributed by atoms with Crippen molar-refractivity contribution in [1.29, 1.82) is 0 Å². The van der Waals surface area contributed by atoms with E-state index < -0.39 is 7.32 Å². The van der Waals surface area contributed by atoms with E-state index in [0.717, 1.165) is 0 Å². The lowest BCUT2D eigenvalue weighted by Gasteiger charge is -2.10. The van der Waals surface area contributed by atoms with Crippen LogP contribution in [0.25, 0.3) is 0 Å². The Morgan fingerprint density at radius 1 is 1.00 bits per heavy atom. The Hall–Kier alpha value is 0.165. The van der Waals surface area contributed by atoms with Crippen LogP contribution in [0.2, 0.25) is 20.1 Å². The Labute approximate surface area is 100 Å². The van der Waals surface area contributed by atoms with Gasteiger partial charge in [0.15, 0.2) is 0 Å². The van der Waals surface area contributed by atoms with Crippen LogP contribution in [-0.4, -0.2) is 17.4 Å². The van der Waals surface area contributed by atoms with Crippen LogP contribution in [0.15, 0.2) is 6.07 Å². The Balaban J connectivity index is 3.19. The molecule has 0 atom stereocenters. The average molecular weight is 276 g/mol. The minimum atomic E-state index is -2.00. The lowest BCUT2D eigenvalue weighted by molar-refractivity contribution is 0.288. The first-order valence-corrected chi connectivity index (χ1v) is 4.80. The molecule has 1 rings (SSSR count). The molecule has 0 unspecified atom stereocenters. The van der Waals surface area contributed by atoms with Gasteiger partial charge in [0.25, 0.3) is 0 Å². The zero-order valence-corrected chi connectivity index (χ0v) is 9.49. The number of halogens is 4. The van der Waals surface area contributed by atoms with E-state index in [2.05, 4.69) is 4.65 Å². The van der Waals surface area contributed by atoms with Crippen molar-refractivity contribution in [2.24, 2.45) is 0 Å². The van der Waals surface area contributed by atoms with Crippen LogP contribution in [0, 0.1) is 0 Å². The highest BCUT2D eigenvalue weighted by atomic mass is 35.5. The SMILES string of the molecule is OB(O)Oc1cc(Cl)c(Cl)c(Cl)c1Cl. The zero-order valence-electron chi connectivity index (χ0n) is 6.47. The maximum absolute atomic E-state index is 8.54. The summed E-state index contributed by atoms with van der Waals surface area (Å²) in [5, 5.41) is 17.2. The van der Waals surface area contributed by atoms with Gasteiger partial charge in [0.1, 0.15) is 10.8 Å². The molecule has 0 aliphatic heterocycles. The number of hydrogen-bond donors (Lipinski definition) is 2. The molecule has 8 heteroatoms. The molecule has 14 heavy (non-hydrogen) atoms. The first kappa shape index (κ1) is 12.2. The number of rotatable bonds is 2. The quantitative estimate of drug-likeness (QED) is 0.496. The van der Waals surface area contributed by atoms with E-state index >= 15 is 0 Å². The highest BCUT2D eigenvalue weighted by Gasteiger charge is 2.19. The highest BCUT2D eigenvalue weighted by molar-refractivity contribution is 6.52. The van der Waals surface area contributed by atoms with E-state index in [-0.39, 0.29) is 25.8 Å². The van der Waals surface area contributed by atoms with Crippen molar-refractivity contribution >= 4 is 53.7 Å². The van der Waals surface area contributed by atoms with Crippen molar-refractivity contribution in [2.45, 2.75) is 0 Å². The lowest BCUT2D eigenvalue weighted by atomic mass is 10.2. The van der Waals surface area contributed by atoms with Crippen molar-refractivity contribution < 1.29 is 14.7 Å². The molecule has 0 saturated heterocycles. The van der Waals surface area contributed by atoms with Gasteiger partial charge in [-0.15, -0.1) is 0 Å². The topological polar surface area (TPSA) is 49.7 Å².